The number of carbonyl (C=O) groups is 6. The maximum Gasteiger partial charge on any atom is 0.265 e. The normalized spacial score (nSPS) is 17.3. The van der Waals surface area contributed by atoms with Crippen LogP contribution in [0, 0.1) is 23.5 Å². The maximum absolute atomic E-state index is 14.8. The van der Waals surface area contributed by atoms with Crippen LogP contribution in [-0.4, -0.2) is 123 Å². The number of anilines is 2. The molecule has 0 unspecified atom stereocenters. The lowest BCUT2D eigenvalue weighted by Crippen LogP contribution is -2.38. The third kappa shape index (κ3) is 12.6. The Hall–Kier alpha value is -6.79. The van der Waals surface area contributed by atoms with Crippen molar-refractivity contribution < 1.29 is 81.6 Å². The molecule has 4 aliphatic rings. The highest BCUT2D eigenvalue weighted by molar-refractivity contribution is 7.90. The molecule has 72 heavy (non-hydrogen) atoms. The Bertz CT molecular complexity index is 3240. The summed E-state index contributed by atoms with van der Waals surface area (Å²) in [5.74, 6) is -9.21. The molecule has 0 bridgehead atoms. The van der Waals surface area contributed by atoms with Crippen LogP contribution in [-0.2, 0) is 29.3 Å². The summed E-state index contributed by atoms with van der Waals surface area (Å²) in [5, 5.41) is 2.40. The summed E-state index contributed by atoms with van der Waals surface area (Å²) < 4.78 is 142. The molecule has 2 atom stereocenters. The maximum atomic E-state index is 14.8. The monoisotopic (exact) mass is 1070 g/mol. The molecule has 2 aliphatic heterocycles. The first-order chi connectivity index (χ1) is 35.7. The minimum atomic E-state index is -3.86. The van der Waals surface area contributed by atoms with Gasteiger partial charge in [-0.25, -0.2) is 35.6 Å². The molecular weight excluding hydrogens is 1010 g/mol. The zero-order valence-electron chi connectivity index (χ0n) is 44.1. The van der Waals surface area contributed by atoms with Crippen molar-refractivity contribution in [2.24, 2.45) is 11.8 Å². The number of fused-ring (bicyclic) bond motifs is 2. The highest BCUT2D eigenvalue weighted by Gasteiger charge is 2.47. The molecule has 0 saturated heterocycles. The van der Waals surface area contributed by atoms with Gasteiger partial charge in [0.25, 0.3) is 35.4 Å². The Balaban J connectivity index is 0.000000258. The van der Waals surface area contributed by atoms with Crippen LogP contribution in [0.15, 0.2) is 48.5 Å². The summed E-state index contributed by atoms with van der Waals surface area (Å²) >= 11 is 5.04. The molecule has 25 heteroatoms. The summed E-state index contributed by atoms with van der Waals surface area (Å²) in [7, 11) is -13.3. The third-order valence-electron chi connectivity index (χ3n) is 10.9. The van der Waals surface area contributed by atoms with E-state index in [1.54, 1.807) is 13.8 Å². The van der Waals surface area contributed by atoms with Gasteiger partial charge in [-0.05, 0) is 99.7 Å². The molecule has 4 heterocycles. The van der Waals surface area contributed by atoms with E-state index in [2.05, 4.69) is 15.3 Å². The Morgan fingerprint density at radius 2 is 1.12 bits per heavy atom. The van der Waals surface area contributed by atoms with E-state index in [-0.39, 0.29) is 95.2 Å². The van der Waals surface area contributed by atoms with Crippen molar-refractivity contribution in [3.05, 3.63) is 93.8 Å². The number of methoxy groups -OCH3 is 2. The average molecular weight is 1070 g/mol. The van der Waals surface area contributed by atoms with E-state index in [9.17, 15) is 54.4 Å². The molecule has 5 amide bonds. The summed E-state index contributed by atoms with van der Waals surface area (Å²) in [6, 6.07) is 5.86. The van der Waals surface area contributed by atoms with Crippen LogP contribution in [0.3, 0.4) is 0 Å². The molecule has 388 valence electrons. The number of amides is 5. The van der Waals surface area contributed by atoms with Crippen molar-refractivity contribution in [3.8, 4) is 23.3 Å². The molecule has 20 nitrogen and oxygen atoms in total. The topological polar surface area (TPSA) is 278 Å². The Morgan fingerprint density at radius 3 is 1.50 bits per heavy atom. The van der Waals surface area contributed by atoms with Crippen LogP contribution in [0.2, 0.25) is 0 Å². The molecule has 2 fully saturated rings. The smallest absolute Gasteiger partial charge is 0.265 e. The lowest BCUT2D eigenvalue weighted by molar-refractivity contribution is -0.117. The molecular formula is C47H53ClF2N6O14S2. The summed E-state index contributed by atoms with van der Waals surface area (Å²) in [6.45, 7) is 3.27. The number of nitrogens with two attached hydrogens (primary N) is 1. The molecule has 2 aromatic carbocycles. The van der Waals surface area contributed by atoms with Gasteiger partial charge in [0, 0.05) is 30.0 Å². The first kappa shape index (κ1) is 47.5. The average Bonchev–Trinajstić information content (AvgIpc) is 4.25. The van der Waals surface area contributed by atoms with Crippen molar-refractivity contribution in [2.75, 3.05) is 62.4 Å². The number of aromatic nitrogens is 2. The number of hydrogen-bond donors (Lipinski definition) is 2. The second kappa shape index (κ2) is 22.7. The van der Waals surface area contributed by atoms with Crippen LogP contribution in [0.4, 0.5) is 20.2 Å². The van der Waals surface area contributed by atoms with Crippen LogP contribution >= 0.6 is 11.6 Å². The standard InChI is InChI=1S/C23H24FN3O7S.C19H20FN3O6S.C4H5ClO.CH4/c1-4-34-21-17(33-2)10-9-14(26-21)16(11-35(3,31)32)27-22(29)18-13(24)7-8-15(19(18)23(27)30)25-20(28)12-5-6-12;1-4-29-17-14(28-2)8-7-12(22-17)13(9-30(3,26)27)23-18(24)15-10(20)5-6-11(21)16(15)19(23)25;5-4(6)3-1-2-3;/h7-10,12,16H,4-6,11H2,1-3H3,(H,25,28);5-8,13H,4,9,21H2,1-3H3;3H,1-2H2;1H4/t16-;13-;;/m11../s1/i2*2D3;;. The number of halogens is 3. The van der Waals surface area contributed by atoms with E-state index in [0.717, 1.165) is 49.6 Å². The number of ether oxygens (including phenoxy) is 4. The second-order valence-corrected chi connectivity index (χ2v) is 21.1. The molecule has 3 N–H and O–H groups in total. The quantitative estimate of drug-likeness (QED) is 0.0723. The van der Waals surface area contributed by atoms with Gasteiger partial charge in [0.1, 0.15) is 31.3 Å². The van der Waals surface area contributed by atoms with E-state index in [1.807, 2.05) is 0 Å². The van der Waals surface area contributed by atoms with Gasteiger partial charge in [0.2, 0.25) is 11.1 Å². The third-order valence-corrected chi connectivity index (χ3v) is 13.0. The predicted molar refractivity (Wildman–Crippen MR) is 259 cm³/mol. The van der Waals surface area contributed by atoms with Crippen LogP contribution in [0.25, 0.3) is 0 Å². The largest absolute Gasteiger partial charge is 0.491 e. The van der Waals surface area contributed by atoms with Crippen molar-refractivity contribution in [2.45, 2.75) is 59.0 Å². The fourth-order valence-corrected chi connectivity index (χ4v) is 9.32. The predicted octanol–water partition coefficient (Wildman–Crippen LogP) is 5.75. The molecule has 0 radical (unpaired) electrons. The summed E-state index contributed by atoms with van der Waals surface area (Å²) in [4.78, 5) is 84.7. The van der Waals surface area contributed by atoms with Crippen LogP contribution in [0.1, 0.15) is 120 Å². The Labute approximate surface area is 427 Å². The zero-order valence-corrected chi connectivity index (χ0v) is 40.5. The van der Waals surface area contributed by atoms with Crippen molar-refractivity contribution in [1.82, 2.24) is 19.8 Å². The number of nitrogens with one attached hydrogen (secondary N) is 1. The fraction of sp³-hybridized carbons (Fsp3) is 0.404. The number of hydrogen-bond acceptors (Lipinski definition) is 17. The highest BCUT2D eigenvalue weighted by Crippen LogP contribution is 2.41. The fourth-order valence-electron chi connectivity index (χ4n) is 7.32. The van der Waals surface area contributed by atoms with E-state index in [4.69, 9.17) is 44.5 Å². The number of benzene rings is 2. The van der Waals surface area contributed by atoms with Gasteiger partial charge in [-0.3, -0.25) is 38.6 Å². The summed E-state index contributed by atoms with van der Waals surface area (Å²) in [5.41, 5.74) is 3.37. The minimum Gasteiger partial charge on any atom is -0.491 e. The molecule has 4 aromatic rings. The number of nitrogen functional groups attached to an aromatic ring is 1. The lowest BCUT2D eigenvalue weighted by atomic mass is 10.1. The number of sulfone groups is 2. The van der Waals surface area contributed by atoms with Crippen LogP contribution in [0.5, 0.6) is 23.3 Å². The van der Waals surface area contributed by atoms with Crippen LogP contribution < -0.4 is 30.0 Å². The van der Waals surface area contributed by atoms with Gasteiger partial charge in [0.15, 0.2) is 11.5 Å². The van der Waals surface area contributed by atoms with Crippen molar-refractivity contribution in [3.63, 3.8) is 0 Å². The second-order valence-electron chi connectivity index (χ2n) is 16.4. The zero-order chi connectivity index (χ0) is 57.3. The summed E-state index contributed by atoms with van der Waals surface area (Å²) in [6.07, 6.45) is 5.14. The number of nitrogens with zero attached hydrogens (tertiary/aromatic N) is 4. The number of pyridine rings is 2. The molecule has 0 spiro atoms. The lowest BCUT2D eigenvalue weighted by Gasteiger charge is -2.26. The van der Waals surface area contributed by atoms with Gasteiger partial charge in [-0.15, -0.1) is 0 Å². The highest BCUT2D eigenvalue weighted by atomic mass is 35.5. The molecule has 2 aliphatic carbocycles. The van der Waals surface area contributed by atoms with Gasteiger partial charge in [0.05, 0.1) is 98.4 Å². The van der Waals surface area contributed by atoms with Crippen molar-refractivity contribution in [1.29, 1.82) is 0 Å². The molecule has 2 saturated carbocycles. The van der Waals surface area contributed by atoms with E-state index in [0.29, 0.717) is 22.6 Å². The molecule has 8 rings (SSSR count). The van der Waals surface area contributed by atoms with E-state index >= 15 is 0 Å². The number of carbonyl (C=O) groups excluding carboxylic acids is 6. The number of imide groups is 2. The van der Waals surface area contributed by atoms with Gasteiger partial charge >= 0.3 is 0 Å². The van der Waals surface area contributed by atoms with Crippen molar-refractivity contribution >= 4 is 77.4 Å². The van der Waals surface area contributed by atoms with Gasteiger partial charge in [-0.2, -0.15) is 0 Å². The first-order valence-electron chi connectivity index (χ1n) is 24.4. The minimum absolute atomic E-state index is 0. The Kier molecular flexibility index (Phi) is 15.0. The van der Waals surface area contributed by atoms with E-state index < -0.39 is 109 Å². The SMILES string of the molecule is C.O=C(Cl)C1CC1.[2H]C([2H])([2H])Oc1ccc([C@@H](CS(C)(=O)=O)N2C(=O)c3c(F)ccc(NC(=O)C4CC4)c3C2=O)nc1OCC.[2H]C([2H])([2H])Oc1ccc([C@@H](CS(C)(=O)=O)N2C(=O)c3c(N)ccc(F)c3C2=O)nc1OCC. The number of rotatable bonds is 17. The van der Waals surface area contributed by atoms with E-state index in [1.165, 1.54) is 24.3 Å². The van der Waals surface area contributed by atoms with Gasteiger partial charge < -0.3 is 30.0 Å². The first-order valence-corrected chi connectivity index (χ1v) is 25.9. The van der Waals surface area contributed by atoms with Gasteiger partial charge in [-0.1, -0.05) is 7.43 Å². The Morgan fingerprint density at radius 1 is 0.708 bits per heavy atom. The molecule has 2 aromatic heterocycles.